The predicted octanol–water partition coefficient (Wildman–Crippen LogP) is 4.31. The van der Waals surface area contributed by atoms with E-state index in [-0.39, 0.29) is 17.2 Å². The molecule has 6 heteroatoms. The number of carbonyl (C=O) groups excluding carboxylic acids is 2. The van der Waals surface area contributed by atoms with Crippen LogP contribution in [-0.2, 0) is 4.79 Å². The van der Waals surface area contributed by atoms with Crippen LogP contribution >= 0.6 is 11.6 Å². The lowest BCUT2D eigenvalue weighted by Gasteiger charge is -2.37. The van der Waals surface area contributed by atoms with Crippen molar-refractivity contribution < 1.29 is 9.59 Å². The Balaban J connectivity index is 1.52. The summed E-state index contributed by atoms with van der Waals surface area (Å²) >= 11 is 6.25. The van der Waals surface area contributed by atoms with Gasteiger partial charge in [0.15, 0.2) is 0 Å². The van der Waals surface area contributed by atoms with E-state index in [1.165, 1.54) is 6.42 Å². The van der Waals surface area contributed by atoms with Crippen LogP contribution in [0.15, 0.2) is 48.5 Å². The normalized spacial score (nSPS) is 23.7. The number of hydrogen-bond acceptors (Lipinski definition) is 3. The smallest absolute Gasteiger partial charge is 0.257 e. The summed E-state index contributed by atoms with van der Waals surface area (Å²) in [5, 5.41) is 9.62. The highest BCUT2D eigenvalue weighted by molar-refractivity contribution is 6.34. The third kappa shape index (κ3) is 3.64. The van der Waals surface area contributed by atoms with Gasteiger partial charge in [0.25, 0.3) is 5.91 Å². The minimum Gasteiger partial charge on any atom is -0.326 e. The molecule has 1 saturated carbocycles. The molecule has 2 aromatic rings. The average molecular weight is 398 g/mol. The van der Waals surface area contributed by atoms with E-state index in [9.17, 15) is 9.59 Å². The maximum absolute atomic E-state index is 13.1. The molecule has 1 saturated heterocycles. The highest BCUT2D eigenvalue weighted by Crippen LogP contribution is 2.44. The number of fused-ring (bicyclic) bond motifs is 1. The Bertz CT molecular complexity index is 887. The molecule has 1 heterocycles. The Labute approximate surface area is 169 Å². The molecule has 0 aromatic heterocycles. The molecular weight excluding hydrogens is 374 g/mol. The van der Waals surface area contributed by atoms with E-state index in [2.05, 4.69) is 16.0 Å². The van der Waals surface area contributed by atoms with E-state index in [4.69, 9.17) is 11.6 Å². The minimum absolute atomic E-state index is 0.0407. The van der Waals surface area contributed by atoms with E-state index in [1.807, 2.05) is 30.3 Å². The van der Waals surface area contributed by atoms with Gasteiger partial charge >= 0.3 is 0 Å². The fourth-order valence-electron chi connectivity index (χ4n) is 4.44. The first-order chi connectivity index (χ1) is 13.6. The molecule has 0 radical (unpaired) electrons. The largest absolute Gasteiger partial charge is 0.326 e. The topological polar surface area (TPSA) is 70.2 Å². The molecule has 4 rings (SSSR count). The van der Waals surface area contributed by atoms with Crippen molar-refractivity contribution in [3.63, 3.8) is 0 Å². The van der Waals surface area contributed by atoms with Gasteiger partial charge in [0.05, 0.1) is 16.0 Å². The average Bonchev–Trinajstić information content (AvgIpc) is 3.15. The summed E-state index contributed by atoms with van der Waals surface area (Å²) in [5.41, 5.74) is 1.28. The van der Waals surface area contributed by atoms with Gasteiger partial charge in [-0.05, 0) is 55.6 Å². The lowest BCUT2D eigenvalue weighted by atomic mass is 9.67. The van der Waals surface area contributed by atoms with Crippen LogP contribution in [0, 0.1) is 11.3 Å². The Kier molecular flexibility index (Phi) is 5.38. The third-order valence-electron chi connectivity index (χ3n) is 5.99. The number of amides is 2. The Morgan fingerprint density at radius 1 is 1.04 bits per heavy atom. The quantitative estimate of drug-likeness (QED) is 0.719. The second-order valence-electron chi connectivity index (χ2n) is 7.70. The van der Waals surface area contributed by atoms with Crippen molar-refractivity contribution >= 4 is 34.8 Å². The second-order valence-corrected chi connectivity index (χ2v) is 8.11. The van der Waals surface area contributed by atoms with Gasteiger partial charge in [0, 0.05) is 17.9 Å². The van der Waals surface area contributed by atoms with Crippen molar-refractivity contribution in [2.45, 2.75) is 25.7 Å². The first-order valence-electron chi connectivity index (χ1n) is 9.77. The fraction of sp³-hybridized carbons (Fsp3) is 0.364. The van der Waals surface area contributed by atoms with Crippen LogP contribution < -0.4 is 16.0 Å². The highest BCUT2D eigenvalue weighted by Gasteiger charge is 2.49. The van der Waals surface area contributed by atoms with Crippen molar-refractivity contribution in [1.29, 1.82) is 0 Å². The molecule has 146 valence electrons. The lowest BCUT2D eigenvalue weighted by molar-refractivity contribution is -0.128. The molecule has 1 aliphatic carbocycles. The molecule has 2 aliphatic rings. The second kappa shape index (κ2) is 7.94. The van der Waals surface area contributed by atoms with Gasteiger partial charge in [-0.15, -0.1) is 0 Å². The maximum Gasteiger partial charge on any atom is 0.257 e. The minimum atomic E-state index is -0.343. The first-order valence-corrected chi connectivity index (χ1v) is 10.1. The van der Waals surface area contributed by atoms with E-state index in [1.54, 1.807) is 18.2 Å². The van der Waals surface area contributed by atoms with Gasteiger partial charge in [0.2, 0.25) is 5.91 Å². The molecule has 3 N–H and O–H groups in total. The molecule has 0 unspecified atom stereocenters. The van der Waals surface area contributed by atoms with Crippen molar-refractivity contribution in [2.75, 3.05) is 23.7 Å². The molecule has 2 atom stereocenters. The summed E-state index contributed by atoms with van der Waals surface area (Å²) in [6, 6.07) is 14.3. The van der Waals surface area contributed by atoms with Gasteiger partial charge in [-0.1, -0.05) is 42.6 Å². The van der Waals surface area contributed by atoms with Crippen LogP contribution in [0.3, 0.4) is 0 Å². The fourth-order valence-corrected chi connectivity index (χ4v) is 4.65. The molecule has 0 bridgehead atoms. The SMILES string of the molecule is O=C(Nc1ccccc1)c1cc(NC(=O)[C@@]23CCCC[C@H]2CNC3)ccc1Cl. The van der Waals surface area contributed by atoms with Crippen molar-refractivity contribution in [1.82, 2.24) is 5.32 Å². The first kappa shape index (κ1) is 19.0. The standard InChI is InChI=1S/C22H24ClN3O2/c23-19-10-9-17(12-18(19)20(27)25-16-7-2-1-3-8-16)26-21(28)22-11-5-4-6-15(22)13-24-14-22/h1-3,7-10,12,15,24H,4-6,11,13-14H2,(H,25,27)(H,26,28)/t15-,22+/m0/s1. The number of carbonyl (C=O) groups is 2. The number of anilines is 2. The summed E-state index contributed by atoms with van der Waals surface area (Å²) < 4.78 is 0. The number of benzene rings is 2. The highest BCUT2D eigenvalue weighted by atomic mass is 35.5. The number of halogens is 1. The van der Waals surface area contributed by atoms with Crippen LogP contribution in [0.2, 0.25) is 5.02 Å². The van der Waals surface area contributed by atoms with E-state index in [0.29, 0.717) is 27.9 Å². The van der Waals surface area contributed by atoms with Gasteiger partial charge in [-0.2, -0.15) is 0 Å². The molecule has 0 spiro atoms. The predicted molar refractivity (Wildman–Crippen MR) is 112 cm³/mol. The molecular formula is C22H24ClN3O2. The third-order valence-corrected chi connectivity index (χ3v) is 6.32. The Morgan fingerprint density at radius 3 is 2.68 bits per heavy atom. The summed E-state index contributed by atoms with van der Waals surface area (Å²) in [4.78, 5) is 25.8. The summed E-state index contributed by atoms with van der Waals surface area (Å²) in [6.07, 6.45) is 4.26. The number of nitrogens with one attached hydrogen (secondary N) is 3. The van der Waals surface area contributed by atoms with Gasteiger partial charge in [-0.3, -0.25) is 9.59 Å². The molecule has 28 heavy (non-hydrogen) atoms. The van der Waals surface area contributed by atoms with Gasteiger partial charge < -0.3 is 16.0 Å². The zero-order valence-electron chi connectivity index (χ0n) is 15.6. The Morgan fingerprint density at radius 2 is 1.86 bits per heavy atom. The van der Waals surface area contributed by atoms with Crippen LogP contribution in [0.5, 0.6) is 0 Å². The maximum atomic E-state index is 13.1. The molecule has 5 nitrogen and oxygen atoms in total. The summed E-state index contributed by atoms with van der Waals surface area (Å²) in [5.74, 6) is 0.122. The van der Waals surface area contributed by atoms with Gasteiger partial charge in [-0.25, -0.2) is 0 Å². The van der Waals surface area contributed by atoms with E-state index >= 15 is 0 Å². The Hall–Kier alpha value is -2.37. The number of para-hydroxylation sites is 1. The monoisotopic (exact) mass is 397 g/mol. The van der Waals surface area contributed by atoms with E-state index < -0.39 is 0 Å². The van der Waals surface area contributed by atoms with Crippen LogP contribution in [-0.4, -0.2) is 24.9 Å². The van der Waals surface area contributed by atoms with Crippen molar-refractivity contribution in [3.8, 4) is 0 Å². The zero-order valence-corrected chi connectivity index (χ0v) is 16.4. The zero-order chi connectivity index (χ0) is 19.6. The van der Waals surface area contributed by atoms with Crippen LogP contribution in [0.4, 0.5) is 11.4 Å². The molecule has 2 aromatic carbocycles. The van der Waals surface area contributed by atoms with Crippen LogP contribution in [0.1, 0.15) is 36.0 Å². The summed E-state index contributed by atoms with van der Waals surface area (Å²) in [7, 11) is 0. The molecule has 2 amide bonds. The van der Waals surface area contributed by atoms with Crippen LogP contribution in [0.25, 0.3) is 0 Å². The van der Waals surface area contributed by atoms with Crippen molar-refractivity contribution in [3.05, 3.63) is 59.1 Å². The molecule has 2 fully saturated rings. The summed E-state index contributed by atoms with van der Waals surface area (Å²) in [6.45, 7) is 1.62. The lowest BCUT2D eigenvalue weighted by Crippen LogP contribution is -2.44. The number of hydrogen-bond donors (Lipinski definition) is 3. The van der Waals surface area contributed by atoms with Crippen molar-refractivity contribution in [2.24, 2.45) is 11.3 Å². The molecule has 1 aliphatic heterocycles. The van der Waals surface area contributed by atoms with Gasteiger partial charge in [0.1, 0.15) is 0 Å². The number of rotatable bonds is 4. The van der Waals surface area contributed by atoms with E-state index in [0.717, 1.165) is 32.4 Å².